The van der Waals surface area contributed by atoms with E-state index in [0.29, 0.717) is 16.3 Å². The molecule has 24 heavy (non-hydrogen) atoms. The third-order valence-corrected chi connectivity index (χ3v) is 5.75. The number of nitrogens with one attached hydrogen (secondary N) is 1. The number of anilines is 1. The molecule has 0 aliphatic carbocycles. The van der Waals surface area contributed by atoms with Crippen molar-refractivity contribution in [3.63, 3.8) is 0 Å². The van der Waals surface area contributed by atoms with Crippen LogP contribution in [-0.4, -0.2) is 10.9 Å². The molecule has 1 N–H and O–H groups in total. The topological polar surface area (TPSA) is 42.0 Å². The zero-order valence-electron chi connectivity index (χ0n) is 13.0. The van der Waals surface area contributed by atoms with Gasteiger partial charge in [-0.15, -0.1) is 11.3 Å². The van der Waals surface area contributed by atoms with E-state index in [4.69, 9.17) is 11.6 Å². The molecule has 6 heteroatoms. The Morgan fingerprint density at radius 2 is 1.96 bits per heavy atom. The first-order valence-electron chi connectivity index (χ1n) is 7.31. The first-order chi connectivity index (χ1) is 11.6. The monoisotopic (exact) mass is 374 g/mol. The second-order valence-electron chi connectivity index (χ2n) is 5.16. The molecule has 0 saturated carbocycles. The van der Waals surface area contributed by atoms with E-state index in [1.54, 1.807) is 47.4 Å². The molecule has 1 aromatic heterocycles. The van der Waals surface area contributed by atoms with Crippen molar-refractivity contribution in [1.29, 1.82) is 0 Å². The normalized spacial score (nSPS) is 10.6. The summed E-state index contributed by atoms with van der Waals surface area (Å²) in [6, 6.07) is 14.7. The number of rotatable bonds is 5. The number of amides is 1. The maximum atomic E-state index is 12.6. The molecule has 0 fully saturated rings. The third-order valence-electron chi connectivity index (χ3n) is 3.31. The van der Waals surface area contributed by atoms with E-state index in [1.807, 2.05) is 36.6 Å². The predicted octanol–water partition coefficient (Wildman–Crippen LogP) is 5.65. The lowest BCUT2D eigenvalue weighted by Crippen LogP contribution is -2.13. The number of thiazole rings is 1. The van der Waals surface area contributed by atoms with Gasteiger partial charge in [0.15, 0.2) is 0 Å². The van der Waals surface area contributed by atoms with Crippen LogP contribution in [0.2, 0.25) is 5.02 Å². The molecule has 3 nitrogen and oxygen atoms in total. The van der Waals surface area contributed by atoms with Gasteiger partial charge in [0.25, 0.3) is 5.91 Å². The van der Waals surface area contributed by atoms with Crippen molar-refractivity contribution in [1.82, 2.24) is 4.98 Å². The fraction of sp³-hybridized carbons (Fsp3) is 0.111. The van der Waals surface area contributed by atoms with Crippen LogP contribution in [0.5, 0.6) is 0 Å². The highest BCUT2D eigenvalue weighted by molar-refractivity contribution is 8.00. The molecule has 0 radical (unpaired) electrons. The van der Waals surface area contributed by atoms with Gasteiger partial charge in [0.05, 0.1) is 0 Å². The number of hydrogen-bond donors (Lipinski definition) is 1. The maximum absolute atomic E-state index is 12.6. The number of aryl methyl sites for hydroxylation is 1. The van der Waals surface area contributed by atoms with E-state index >= 15 is 0 Å². The predicted molar refractivity (Wildman–Crippen MR) is 102 cm³/mol. The summed E-state index contributed by atoms with van der Waals surface area (Å²) in [5.41, 5.74) is 3.41. The summed E-state index contributed by atoms with van der Waals surface area (Å²) < 4.78 is 1.01. The SMILES string of the molecule is Cc1csc(SCc2ccccc2C(=O)Nc2ccc(Cl)cc2)n1. The van der Waals surface area contributed by atoms with Gasteiger partial charge in [0.1, 0.15) is 4.34 Å². The van der Waals surface area contributed by atoms with E-state index < -0.39 is 0 Å². The smallest absolute Gasteiger partial charge is 0.255 e. The van der Waals surface area contributed by atoms with Gasteiger partial charge >= 0.3 is 0 Å². The highest BCUT2D eigenvalue weighted by Crippen LogP contribution is 2.27. The van der Waals surface area contributed by atoms with Gasteiger partial charge in [0, 0.05) is 33.1 Å². The Kier molecular flexibility index (Phi) is 5.56. The summed E-state index contributed by atoms with van der Waals surface area (Å²) in [4.78, 5) is 17.0. The van der Waals surface area contributed by atoms with E-state index in [0.717, 1.165) is 21.3 Å². The van der Waals surface area contributed by atoms with Crippen LogP contribution in [0.4, 0.5) is 5.69 Å². The second kappa shape index (κ2) is 7.83. The van der Waals surface area contributed by atoms with Crippen LogP contribution in [0.25, 0.3) is 0 Å². The minimum Gasteiger partial charge on any atom is -0.322 e. The number of carbonyl (C=O) groups excluding carboxylic acids is 1. The molecule has 0 aliphatic rings. The molecule has 0 aliphatic heterocycles. The molecule has 0 saturated heterocycles. The van der Waals surface area contributed by atoms with Crippen LogP contribution in [0.1, 0.15) is 21.6 Å². The van der Waals surface area contributed by atoms with Crippen LogP contribution >= 0.6 is 34.7 Å². The van der Waals surface area contributed by atoms with Gasteiger partial charge in [-0.3, -0.25) is 4.79 Å². The first kappa shape index (κ1) is 17.0. The lowest BCUT2D eigenvalue weighted by atomic mass is 10.1. The van der Waals surface area contributed by atoms with Gasteiger partial charge in [-0.1, -0.05) is 41.6 Å². The number of carbonyl (C=O) groups is 1. The molecule has 0 unspecified atom stereocenters. The molecule has 1 amide bonds. The van der Waals surface area contributed by atoms with E-state index in [1.165, 1.54) is 0 Å². The lowest BCUT2D eigenvalue weighted by molar-refractivity contribution is 0.102. The van der Waals surface area contributed by atoms with Crippen LogP contribution in [-0.2, 0) is 5.75 Å². The average Bonchev–Trinajstić information content (AvgIpc) is 3.01. The quantitative estimate of drug-likeness (QED) is 0.587. The summed E-state index contributed by atoms with van der Waals surface area (Å²) in [6.45, 7) is 1.98. The van der Waals surface area contributed by atoms with Gasteiger partial charge in [-0.25, -0.2) is 4.98 Å². The van der Waals surface area contributed by atoms with Crippen LogP contribution in [0.15, 0.2) is 58.3 Å². The summed E-state index contributed by atoms with van der Waals surface area (Å²) in [5, 5.41) is 5.58. The fourth-order valence-electron chi connectivity index (χ4n) is 2.14. The summed E-state index contributed by atoms with van der Waals surface area (Å²) in [7, 11) is 0. The molecule has 2 aromatic carbocycles. The largest absolute Gasteiger partial charge is 0.322 e. The third kappa shape index (κ3) is 4.38. The van der Waals surface area contributed by atoms with E-state index in [-0.39, 0.29) is 5.91 Å². The number of thioether (sulfide) groups is 1. The molecule has 1 heterocycles. The van der Waals surface area contributed by atoms with Crippen molar-refractivity contribution >= 4 is 46.3 Å². The van der Waals surface area contributed by atoms with Gasteiger partial charge < -0.3 is 5.32 Å². The average molecular weight is 375 g/mol. The minimum atomic E-state index is -0.121. The Morgan fingerprint density at radius 1 is 1.21 bits per heavy atom. The van der Waals surface area contributed by atoms with Crippen LogP contribution in [0.3, 0.4) is 0 Å². The molecule has 3 rings (SSSR count). The van der Waals surface area contributed by atoms with Crippen LogP contribution < -0.4 is 5.32 Å². The number of nitrogens with zero attached hydrogens (tertiary/aromatic N) is 1. The van der Waals surface area contributed by atoms with Crippen molar-refractivity contribution < 1.29 is 4.79 Å². The molecule has 0 atom stereocenters. The Labute approximate surface area is 154 Å². The molecular weight excluding hydrogens is 360 g/mol. The molecular formula is C18H15ClN2OS2. The summed E-state index contributed by atoms with van der Waals surface area (Å²) in [6.07, 6.45) is 0. The van der Waals surface area contributed by atoms with Gasteiger partial charge in [-0.2, -0.15) is 0 Å². The summed E-state index contributed by atoms with van der Waals surface area (Å²) in [5.74, 6) is 0.584. The lowest BCUT2D eigenvalue weighted by Gasteiger charge is -2.09. The number of hydrogen-bond acceptors (Lipinski definition) is 4. The first-order valence-corrected chi connectivity index (χ1v) is 9.56. The van der Waals surface area contributed by atoms with Crippen LogP contribution in [0, 0.1) is 6.92 Å². The van der Waals surface area contributed by atoms with Crippen molar-refractivity contribution in [2.24, 2.45) is 0 Å². The summed E-state index contributed by atoms with van der Waals surface area (Å²) >= 11 is 9.14. The van der Waals surface area contributed by atoms with Crippen molar-refractivity contribution in [2.45, 2.75) is 17.0 Å². The van der Waals surface area contributed by atoms with Gasteiger partial charge in [0.2, 0.25) is 0 Å². The fourth-order valence-corrected chi connectivity index (χ4v) is 4.12. The van der Waals surface area contributed by atoms with E-state index in [2.05, 4.69) is 10.3 Å². The number of aromatic nitrogens is 1. The molecule has 122 valence electrons. The minimum absolute atomic E-state index is 0.121. The second-order valence-corrected chi connectivity index (χ2v) is 7.68. The van der Waals surface area contributed by atoms with Gasteiger partial charge in [-0.05, 0) is 42.8 Å². The number of halogens is 1. The molecule has 3 aromatic rings. The van der Waals surface area contributed by atoms with Crippen molar-refractivity contribution in [2.75, 3.05) is 5.32 Å². The Morgan fingerprint density at radius 3 is 2.67 bits per heavy atom. The zero-order chi connectivity index (χ0) is 16.9. The molecule has 0 spiro atoms. The highest BCUT2D eigenvalue weighted by atomic mass is 35.5. The number of benzene rings is 2. The molecule has 0 bridgehead atoms. The standard InChI is InChI=1S/C18H15ClN2OS2/c1-12-10-23-18(20-12)24-11-13-4-2-3-5-16(13)17(22)21-15-8-6-14(19)7-9-15/h2-10H,11H2,1H3,(H,21,22). The Hall–Kier alpha value is -1.82. The maximum Gasteiger partial charge on any atom is 0.255 e. The van der Waals surface area contributed by atoms with Crippen molar-refractivity contribution in [3.8, 4) is 0 Å². The van der Waals surface area contributed by atoms with Crippen molar-refractivity contribution in [3.05, 3.63) is 75.8 Å². The zero-order valence-corrected chi connectivity index (χ0v) is 15.3. The highest BCUT2D eigenvalue weighted by Gasteiger charge is 2.12. The van der Waals surface area contributed by atoms with E-state index in [9.17, 15) is 4.79 Å². The Bertz CT molecular complexity index is 846. The Balaban J connectivity index is 1.72.